The molecule has 0 saturated heterocycles. The monoisotopic (exact) mass is 314 g/mol. The molecular formula is C12H21F2O5P. The largest absolute Gasteiger partial charge is 0.399 e. The predicted octanol–water partition coefficient (Wildman–Crippen LogP) is 3.57. The highest BCUT2D eigenvalue weighted by atomic mass is 31.2. The number of hydrogen-bond donors (Lipinski definition) is 0. The Morgan fingerprint density at radius 1 is 1.35 bits per heavy atom. The summed E-state index contributed by atoms with van der Waals surface area (Å²) in [5, 5.41) is 0. The van der Waals surface area contributed by atoms with Gasteiger partial charge in [0.1, 0.15) is 0 Å². The normalized spacial score (nSPS) is 13.8. The zero-order valence-corrected chi connectivity index (χ0v) is 12.8. The highest BCUT2D eigenvalue weighted by molar-refractivity contribution is 7.55. The summed E-state index contributed by atoms with van der Waals surface area (Å²) in [4.78, 5) is 0. The minimum absolute atomic E-state index is 0.131. The Balaban J connectivity index is 4.62. The number of halogens is 2. The molecule has 0 N–H and O–H groups in total. The lowest BCUT2D eigenvalue weighted by molar-refractivity contribution is -0.104. The molecule has 0 aliphatic carbocycles. The van der Waals surface area contributed by atoms with Gasteiger partial charge in [-0.2, -0.15) is 8.78 Å². The van der Waals surface area contributed by atoms with Crippen LogP contribution >= 0.6 is 7.60 Å². The maximum atomic E-state index is 13.9. The highest BCUT2D eigenvalue weighted by Gasteiger charge is 2.52. The van der Waals surface area contributed by atoms with Gasteiger partial charge >= 0.3 is 13.3 Å². The minimum atomic E-state index is -4.50. The predicted molar refractivity (Wildman–Crippen MR) is 70.9 cm³/mol. The van der Waals surface area contributed by atoms with Crippen LogP contribution in [-0.2, 0) is 23.1 Å². The van der Waals surface area contributed by atoms with E-state index in [0.29, 0.717) is 0 Å². The molecule has 0 radical (unpaired) electrons. The summed E-state index contributed by atoms with van der Waals surface area (Å²) in [6.07, 6.45) is -0.306. The fourth-order valence-electron chi connectivity index (χ4n) is 1.28. The van der Waals surface area contributed by atoms with Gasteiger partial charge in [0, 0.05) is 19.6 Å². The lowest BCUT2D eigenvalue weighted by atomic mass is 10.4. The van der Waals surface area contributed by atoms with E-state index in [9.17, 15) is 13.3 Å². The number of alkyl halides is 2. The van der Waals surface area contributed by atoms with E-state index in [-0.39, 0.29) is 19.8 Å². The van der Waals surface area contributed by atoms with Crippen LogP contribution in [0.3, 0.4) is 0 Å². The van der Waals surface area contributed by atoms with Crippen LogP contribution in [0.25, 0.3) is 0 Å². The Bertz CT molecular complexity index is 359. The maximum absolute atomic E-state index is 13.9. The summed E-state index contributed by atoms with van der Waals surface area (Å²) < 4.78 is 58.9. The molecule has 0 saturated carbocycles. The Morgan fingerprint density at radius 3 is 2.30 bits per heavy atom. The van der Waals surface area contributed by atoms with Gasteiger partial charge in [-0.1, -0.05) is 6.58 Å². The first-order chi connectivity index (χ1) is 9.36. The molecule has 0 aliphatic rings. The summed E-state index contributed by atoms with van der Waals surface area (Å²) in [5.74, 6) is 0. The van der Waals surface area contributed by atoms with Crippen LogP contribution in [0.2, 0.25) is 0 Å². The van der Waals surface area contributed by atoms with Gasteiger partial charge in [0.15, 0.2) is 6.29 Å². The summed E-state index contributed by atoms with van der Waals surface area (Å²) in [6, 6.07) is 0. The third-order valence-corrected chi connectivity index (χ3v) is 4.39. The second-order valence-corrected chi connectivity index (χ2v) is 5.76. The molecule has 0 aromatic heterocycles. The average Bonchev–Trinajstić information content (AvgIpc) is 2.38. The van der Waals surface area contributed by atoms with E-state index >= 15 is 0 Å². The Morgan fingerprint density at radius 2 is 1.90 bits per heavy atom. The van der Waals surface area contributed by atoms with Crippen LogP contribution in [0.4, 0.5) is 8.78 Å². The third kappa shape index (κ3) is 5.83. The molecule has 5 nitrogen and oxygen atoms in total. The summed E-state index contributed by atoms with van der Waals surface area (Å²) in [5.41, 5.74) is -1.21. The van der Waals surface area contributed by atoms with E-state index in [4.69, 9.17) is 9.47 Å². The van der Waals surface area contributed by atoms with E-state index < -0.39 is 26.0 Å². The van der Waals surface area contributed by atoms with Crippen molar-refractivity contribution in [1.29, 1.82) is 0 Å². The Labute approximate surface area is 118 Å². The van der Waals surface area contributed by atoms with Gasteiger partial charge in [-0.05, 0) is 13.8 Å². The quantitative estimate of drug-likeness (QED) is 0.331. The molecule has 0 aromatic carbocycles. The van der Waals surface area contributed by atoms with Crippen LogP contribution in [0.5, 0.6) is 0 Å². The standard InChI is InChI=1S/C12H21F2O5P/c1-5-8-11(16-4)17-10-9-12(13,14)20(15,18-6-2)19-7-3/h8,11H,1,6-7,9-10H2,2-4H3. The van der Waals surface area contributed by atoms with Crippen LogP contribution in [0, 0.1) is 0 Å². The van der Waals surface area contributed by atoms with Crippen molar-refractivity contribution in [3.63, 3.8) is 0 Å². The van der Waals surface area contributed by atoms with Crippen molar-refractivity contribution in [2.24, 2.45) is 0 Å². The van der Waals surface area contributed by atoms with Gasteiger partial charge in [0.25, 0.3) is 0 Å². The van der Waals surface area contributed by atoms with Gasteiger partial charge in [-0.25, -0.2) is 0 Å². The molecular weight excluding hydrogens is 293 g/mol. The van der Waals surface area contributed by atoms with Gasteiger partial charge in [-0.3, -0.25) is 4.57 Å². The number of rotatable bonds is 11. The Kier molecular flexibility index (Phi) is 9.14. The molecule has 0 amide bonds. The van der Waals surface area contributed by atoms with Crippen molar-refractivity contribution >= 4 is 7.60 Å². The minimum Gasteiger partial charge on any atom is -0.352 e. The molecule has 0 aliphatic heterocycles. The Hall–Kier alpha value is -0.550. The molecule has 0 rings (SSSR count). The number of methoxy groups -OCH3 is 1. The lowest BCUT2D eigenvalue weighted by Crippen LogP contribution is -2.24. The molecule has 0 bridgehead atoms. The van der Waals surface area contributed by atoms with Crippen LogP contribution < -0.4 is 0 Å². The summed E-state index contributed by atoms with van der Waals surface area (Å²) >= 11 is 0. The first kappa shape index (κ1) is 19.4. The van der Waals surface area contributed by atoms with E-state index in [1.165, 1.54) is 27.0 Å². The van der Waals surface area contributed by atoms with E-state index in [1.54, 1.807) is 0 Å². The maximum Gasteiger partial charge on any atom is 0.399 e. The van der Waals surface area contributed by atoms with E-state index in [2.05, 4.69) is 21.4 Å². The van der Waals surface area contributed by atoms with Gasteiger partial charge < -0.3 is 18.5 Å². The first-order valence-corrected chi connectivity index (χ1v) is 7.68. The molecule has 8 heteroatoms. The molecule has 1 atom stereocenters. The lowest BCUT2D eigenvalue weighted by Gasteiger charge is -2.25. The summed E-state index contributed by atoms with van der Waals surface area (Å²) in [7, 11) is -3.15. The highest BCUT2D eigenvalue weighted by Crippen LogP contribution is 2.63. The number of ether oxygens (including phenoxy) is 2. The summed E-state index contributed by atoms with van der Waals surface area (Å²) in [6.45, 7) is 5.61. The zero-order chi connectivity index (χ0) is 15.6. The van der Waals surface area contributed by atoms with Crippen molar-refractivity contribution in [2.45, 2.75) is 32.2 Å². The van der Waals surface area contributed by atoms with Gasteiger partial charge in [0.05, 0.1) is 19.8 Å². The zero-order valence-electron chi connectivity index (χ0n) is 11.9. The van der Waals surface area contributed by atoms with Crippen molar-refractivity contribution in [3.8, 4) is 0 Å². The fourth-order valence-corrected chi connectivity index (χ4v) is 2.78. The smallest absolute Gasteiger partial charge is 0.352 e. The van der Waals surface area contributed by atoms with Crippen LogP contribution in [-0.4, -0.2) is 38.9 Å². The number of hydrogen-bond acceptors (Lipinski definition) is 5. The SMILES string of the molecule is C=C=CC(OC)OCCC(F)(F)P(=O)(OCC)OCC. The van der Waals surface area contributed by atoms with E-state index in [1.807, 2.05) is 0 Å². The van der Waals surface area contributed by atoms with Crippen molar-refractivity contribution < 1.29 is 31.9 Å². The second kappa shape index (κ2) is 9.40. The topological polar surface area (TPSA) is 54.0 Å². The first-order valence-electron chi connectivity index (χ1n) is 6.14. The second-order valence-electron chi connectivity index (χ2n) is 3.59. The molecule has 118 valence electrons. The molecule has 0 fully saturated rings. The average molecular weight is 314 g/mol. The van der Waals surface area contributed by atoms with Gasteiger partial charge in [0.2, 0.25) is 0 Å². The van der Waals surface area contributed by atoms with E-state index in [0.717, 1.165) is 0 Å². The van der Waals surface area contributed by atoms with Gasteiger partial charge in [-0.15, -0.1) is 5.73 Å². The molecule has 0 aromatic rings. The third-order valence-electron chi connectivity index (χ3n) is 2.17. The molecule has 20 heavy (non-hydrogen) atoms. The molecule has 0 heterocycles. The van der Waals surface area contributed by atoms with Crippen LogP contribution in [0.15, 0.2) is 18.4 Å². The fraction of sp³-hybridized carbons (Fsp3) is 0.750. The van der Waals surface area contributed by atoms with Crippen LogP contribution in [0.1, 0.15) is 20.3 Å². The van der Waals surface area contributed by atoms with Crippen molar-refractivity contribution in [1.82, 2.24) is 0 Å². The van der Waals surface area contributed by atoms with Crippen molar-refractivity contribution in [3.05, 3.63) is 18.4 Å². The van der Waals surface area contributed by atoms with Crippen molar-refractivity contribution in [2.75, 3.05) is 26.9 Å². The molecule has 1 unspecified atom stereocenters. The molecule has 0 spiro atoms.